The van der Waals surface area contributed by atoms with E-state index in [1.165, 1.54) is 6.07 Å². The van der Waals surface area contributed by atoms with Crippen molar-refractivity contribution in [3.05, 3.63) is 76.2 Å². The summed E-state index contributed by atoms with van der Waals surface area (Å²) >= 11 is 6.01. The zero-order valence-corrected chi connectivity index (χ0v) is 16.7. The van der Waals surface area contributed by atoms with Gasteiger partial charge in [-0.15, -0.1) is 0 Å². The van der Waals surface area contributed by atoms with Crippen LogP contribution in [0.25, 0.3) is 11.1 Å². The monoisotopic (exact) mass is 456 g/mol. The molecule has 1 aromatic carbocycles. The average molecular weight is 457 g/mol. The molecule has 3 rings (SSSR count). The second-order valence-electron chi connectivity index (χ2n) is 6.62. The van der Waals surface area contributed by atoms with Crippen molar-refractivity contribution in [1.29, 1.82) is 0 Å². The van der Waals surface area contributed by atoms with E-state index in [1.54, 1.807) is 25.1 Å². The number of Topliss-reactive ketones (excluding diaryl/α,β-unsaturated/α-hetero) is 1. The van der Waals surface area contributed by atoms with Crippen LogP contribution < -0.4 is 4.74 Å². The third-order valence-corrected chi connectivity index (χ3v) is 4.67. The van der Waals surface area contributed by atoms with E-state index in [0.29, 0.717) is 16.1 Å². The van der Waals surface area contributed by atoms with Crippen LogP contribution in [0.15, 0.2) is 42.7 Å². The number of benzene rings is 1. The molecule has 162 valence electrons. The average Bonchev–Trinajstić information content (AvgIpc) is 2.68. The van der Waals surface area contributed by atoms with Gasteiger partial charge in [0.25, 0.3) is 0 Å². The Bertz CT molecular complexity index is 1110. The summed E-state index contributed by atoms with van der Waals surface area (Å²) in [6.45, 7) is 0.140. The van der Waals surface area contributed by atoms with E-state index in [9.17, 15) is 26.7 Å². The van der Waals surface area contributed by atoms with Gasteiger partial charge in [0.05, 0.1) is 0 Å². The Hall–Kier alpha value is -3.07. The molecule has 2 heterocycles. The summed E-state index contributed by atoms with van der Waals surface area (Å²) in [6, 6.07) is 6.96. The van der Waals surface area contributed by atoms with Crippen molar-refractivity contribution in [3.63, 3.8) is 0 Å². The van der Waals surface area contributed by atoms with Gasteiger partial charge < -0.3 is 4.74 Å². The molecule has 4 nitrogen and oxygen atoms in total. The number of nitrogens with zero attached hydrogens (tertiary/aromatic N) is 2. The lowest BCUT2D eigenvalue weighted by Gasteiger charge is -2.14. The molecule has 10 heteroatoms. The Kier molecular flexibility index (Phi) is 6.54. The number of alkyl halides is 3. The number of aromatic nitrogens is 2. The Morgan fingerprint density at radius 3 is 2.52 bits per heavy atom. The number of halogens is 6. The Morgan fingerprint density at radius 2 is 1.87 bits per heavy atom. The molecule has 3 aromatic rings. The largest absolute Gasteiger partial charge is 0.468 e. The van der Waals surface area contributed by atoms with Gasteiger partial charge in [0.15, 0.2) is 12.4 Å². The minimum atomic E-state index is -4.58. The van der Waals surface area contributed by atoms with E-state index in [2.05, 4.69) is 9.97 Å². The minimum absolute atomic E-state index is 0.168. The summed E-state index contributed by atoms with van der Waals surface area (Å²) in [5.74, 6) is -3.53. The first-order valence-corrected chi connectivity index (χ1v) is 9.21. The van der Waals surface area contributed by atoms with Crippen LogP contribution in [0.3, 0.4) is 0 Å². The normalized spacial score (nSPS) is 11.5. The Morgan fingerprint density at radius 1 is 1.13 bits per heavy atom. The molecule has 0 atom stereocenters. The fourth-order valence-corrected chi connectivity index (χ4v) is 2.93. The molecular weight excluding hydrogens is 443 g/mol. The zero-order valence-electron chi connectivity index (χ0n) is 15.9. The van der Waals surface area contributed by atoms with Crippen LogP contribution in [0.5, 0.6) is 5.88 Å². The number of rotatable bonds is 6. The van der Waals surface area contributed by atoms with Crippen LogP contribution in [0, 0.1) is 18.7 Å². The summed E-state index contributed by atoms with van der Waals surface area (Å²) in [6.07, 6.45) is -3.04. The van der Waals surface area contributed by atoms with Crippen molar-refractivity contribution in [2.45, 2.75) is 19.5 Å². The van der Waals surface area contributed by atoms with Crippen LogP contribution in [-0.2, 0) is 6.42 Å². The maximum atomic E-state index is 13.9. The minimum Gasteiger partial charge on any atom is -0.468 e. The van der Waals surface area contributed by atoms with Gasteiger partial charge in [-0.2, -0.15) is 17.6 Å². The highest BCUT2D eigenvalue weighted by Gasteiger charge is 2.29. The quantitative estimate of drug-likeness (QED) is 0.269. The van der Waals surface area contributed by atoms with Gasteiger partial charge in [-0.1, -0.05) is 17.7 Å². The Labute approximate surface area is 178 Å². The van der Waals surface area contributed by atoms with Crippen molar-refractivity contribution in [3.8, 4) is 17.0 Å². The molecule has 0 spiro atoms. The van der Waals surface area contributed by atoms with Crippen molar-refractivity contribution < 1.29 is 31.5 Å². The summed E-state index contributed by atoms with van der Waals surface area (Å²) in [7, 11) is 0. The van der Waals surface area contributed by atoms with Crippen LogP contribution in [-0.4, -0.2) is 28.5 Å². The van der Waals surface area contributed by atoms with Gasteiger partial charge in [0, 0.05) is 29.4 Å². The summed E-state index contributed by atoms with van der Waals surface area (Å²) in [5.41, 5.74) is 0.682. The van der Waals surface area contributed by atoms with E-state index in [-0.39, 0.29) is 17.0 Å². The lowest BCUT2D eigenvalue weighted by Crippen LogP contribution is -2.20. The molecule has 31 heavy (non-hydrogen) atoms. The topological polar surface area (TPSA) is 52.1 Å². The van der Waals surface area contributed by atoms with Gasteiger partial charge in [-0.25, -0.2) is 14.4 Å². The maximum absolute atomic E-state index is 13.9. The first-order valence-electron chi connectivity index (χ1n) is 8.83. The molecule has 0 amide bonds. The molecule has 0 aliphatic carbocycles. The first-order chi connectivity index (χ1) is 14.5. The number of hydrogen-bond donors (Lipinski definition) is 0. The smallest absolute Gasteiger partial charge is 0.422 e. The lowest BCUT2D eigenvalue weighted by atomic mass is 10.00. The number of carbonyl (C=O) groups excluding carboxylic acids is 1. The third-order valence-electron chi connectivity index (χ3n) is 4.25. The highest BCUT2D eigenvalue weighted by Crippen LogP contribution is 2.33. The number of ether oxygens (including phenoxy) is 1. The second kappa shape index (κ2) is 8.97. The molecule has 0 saturated carbocycles. The third kappa shape index (κ3) is 5.55. The molecule has 0 unspecified atom stereocenters. The lowest BCUT2D eigenvalue weighted by molar-refractivity contribution is -0.154. The molecule has 0 fully saturated rings. The summed E-state index contributed by atoms with van der Waals surface area (Å²) in [4.78, 5) is 19.6. The number of pyridine rings is 2. The molecule has 0 aliphatic rings. The number of aryl methyl sites for hydroxylation is 1. The van der Waals surface area contributed by atoms with Crippen LogP contribution in [0.4, 0.5) is 22.0 Å². The molecule has 2 aromatic heterocycles. The van der Waals surface area contributed by atoms with Crippen molar-refractivity contribution in [2.75, 3.05) is 6.61 Å². The van der Waals surface area contributed by atoms with E-state index in [1.807, 2.05) is 0 Å². The van der Waals surface area contributed by atoms with E-state index in [0.717, 1.165) is 18.5 Å². The van der Waals surface area contributed by atoms with Crippen molar-refractivity contribution >= 4 is 17.4 Å². The molecule has 0 saturated heterocycles. The fourth-order valence-electron chi connectivity index (χ4n) is 2.81. The van der Waals surface area contributed by atoms with Crippen LogP contribution in [0.2, 0.25) is 5.02 Å². The van der Waals surface area contributed by atoms with Crippen LogP contribution >= 0.6 is 11.6 Å². The van der Waals surface area contributed by atoms with Gasteiger partial charge >= 0.3 is 6.18 Å². The van der Waals surface area contributed by atoms with E-state index >= 15 is 0 Å². The predicted molar refractivity (Wildman–Crippen MR) is 103 cm³/mol. The molecule has 0 radical (unpaired) electrons. The maximum Gasteiger partial charge on any atom is 0.422 e. The Balaban J connectivity index is 1.99. The predicted octanol–water partition coefficient (Wildman–Crippen LogP) is 5.75. The molecule has 0 N–H and O–H groups in total. The SMILES string of the molecule is Cc1cc(-c2cc(CC(=O)c3c(F)ccnc3F)cnc2OCC(F)(F)F)ccc1Cl. The highest BCUT2D eigenvalue weighted by molar-refractivity contribution is 6.31. The number of ketones is 1. The van der Waals surface area contributed by atoms with Crippen LogP contribution in [0.1, 0.15) is 21.5 Å². The molecular formula is C21H14ClF5N2O2. The zero-order chi connectivity index (χ0) is 22.8. The standard InChI is InChI=1S/C21H14ClF5N2O2/c1-11-6-13(2-3-15(11)22)14-7-12(9-29-20(14)31-10-21(25,26)27)8-17(30)18-16(23)4-5-28-19(18)24/h2-7,9H,8,10H2,1H3. The second-order valence-corrected chi connectivity index (χ2v) is 7.03. The summed E-state index contributed by atoms with van der Waals surface area (Å²) in [5, 5.41) is 0.448. The van der Waals surface area contributed by atoms with E-state index in [4.69, 9.17) is 16.3 Å². The van der Waals surface area contributed by atoms with Gasteiger partial charge in [-0.05, 0) is 47.9 Å². The molecule has 0 aliphatic heterocycles. The van der Waals surface area contributed by atoms with Gasteiger partial charge in [0.2, 0.25) is 11.8 Å². The molecule has 0 bridgehead atoms. The first kappa shape index (κ1) is 22.6. The highest BCUT2D eigenvalue weighted by atomic mass is 35.5. The van der Waals surface area contributed by atoms with Crippen molar-refractivity contribution in [1.82, 2.24) is 9.97 Å². The fraction of sp³-hybridized carbons (Fsp3) is 0.190. The van der Waals surface area contributed by atoms with Gasteiger partial charge in [-0.3, -0.25) is 4.79 Å². The van der Waals surface area contributed by atoms with Gasteiger partial charge in [0.1, 0.15) is 11.4 Å². The van der Waals surface area contributed by atoms with E-state index < -0.39 is 42.3 Å². The summed E-state index contributed by atoms with van der Waals surface area (Å²) < 4.78 is 70.3. The number of carbonyl (C=O) groups is 1. The number of hydrogen-bond acceptors (Lipinski definition) is 4. The van der Waals surface area contributed by atoms with Crippen molar-refractivity contribution in [2.24, 2.45) is 0 Å².